The van der Waals surface area contributed by atoms with Gasteiger partial charge in [0.15, 0.2) is 11.2 Å². The molecule has 70 valence electrons. The van der Waals surface area contributed by atoms with Crippen LogP contribution in [0, 0.1) is 0 Å². The first-order valence-electron chi connectivity index (χ1n) is 3.71. The quantitative estimate of drug-likeness (QED) is 0.539. The van der Waals surface area contributed by atoms with Gasteiger partial charge in [0.25, 0.3) is 5.56 Å². The fraction of sp³-hybridized carbons (Fsp3) is 0.286. The maximum atomic E-state index is 11.3. The Balaban J connectivity index is 0.000000980. The average molecular weight is 220 g/mol. The van der Waals surface area contributed by atoms with Crippen molar-refractivity contribution in [3.63, 3.8) is 0 Å². The molecule has 2 aromatic rings. The summed E-state index contributed by atoms with van der Waals surface area (Å²) in [5.41, 5.74) is -0.0485. The van der Waals surface area contributed by atoms with Crippen molar-refractivity contribution >= 4 is 62.5 Å². The van der Waals surface area contributed by atoms with Crippen molar-refractivity contribution in [3.05, 3.63) is 27.2 Å². The Morgan fingerprint density at radius 1 is 1.36 bits per heavy atom. The number of rotatable bonds is 0. The Labute approximate surface area is 121 Å². The zero-order chi connectivity index (χ0) is 9.59. The van der Waals surface area contributed by atoms with Crippen molar-refractivity contribution in [2.75, 3.05) is 0 Å². The third kappa shape index (κ3) is 1.65. The van der Waals surface area contributed by atoms with E-state index in [1.165, 1.54) is 10.9 Å². The third-order valence-corrected chi connectivity index (χ3v) is 1.98. The van der Waals surface area contributed by atoms with Gasteiger partial charge in [-0.2, -0.15) is 0 Å². The van der Waals surface area contributed by atoms with Crippen LogP contribution >= 0.6 is 0 Å². The van der Waals surface area contributed by atoms with E-state index < -0.39 is 11.2 Å². The van der Waals surface area contributed by atoms with E-state index in [9.17, 15) is 9.59 Å². The molecule has 0 fully saturated rings. The van der Waals surface area contributed by atoms with Gasteiger partial charge in [0.2, 0.25) is 0 Å². The Morgan fingerprint density at radius 2 is 2.00 bits per heavy atom. The number of hydrogen-bond acceptors (Lipinski definition) is 3. The van der Waals surface area contributed by atoms with Crippen LogP contribution in [-0.2, 0) is 14.1 Å². The predicted molar refractivity (Wildman–Crippen MR) is 53.7 cm³/mol. The Morgan fingerprint density at radius 3 is 2.64 bits per heavy atom. The van der Waals surface area contributed by atoms with E-state index in [1.54, 1.807) is 18.7 Å². The average Bonchev–Trinajstić information content (AvgIpc) is 2.44. The summed E-state index contributed by atoms with van der Waals surface area (Å²) in [5, 5.41) is 0. The van der Waals surface area contributed by atoms with Crippen molar-refractivity contribution in [1.82, 2.24) is 19.1 Å². The summed E-state index contributed by atoms with van der Waals surface area (Å²) in [7, 11) is 3.27. The van der Waals surface area contributed by atoms with Gasteiger partial charge in [-0.1, -0.05) is 0 Å². The standard InChI is InChI=1S/C7H8N4O2.K.H/c1-10-3-8-5-4(10)6(12)9-7(13)11(5)2;;/h3H,1-2H3,(H,9,12,13);;. The van der Waals surface area contributed by atoms with Crippen molar-refractivity contribution in [3.8, 4) is 0 Å². The first-order valence-corrected chi connectivity index (χ1v) is 3.71. The van der Waals surface area contributed by atoms with Gasteiger partial charge in [0, 0.05) is 14.1 Å². The second-order valence-electron chi connectivity index (χ2n) is 2.85. The first kappa shape index (κ1) is 11.9. The molecule has 0 aliphatic carbocycles. The molecule has 0 saturated heterocycles. The normalized spacial score (nSPS) is 10.1. The van der Waals surface area contributed by atoms with Crippen LogP contribution in [0.5, 0.6) is 0 Å². The first-order chi connectivity index (χ1) is 6.11. The number of imidazole rings is 1. The third-order valence-electron chi connectivity index (χ3n) is 1.98. The summed E-state index contributed by atoms with van der Waals surface area (Å²) in [6.45, 7) is 0. The molecule has 2 rings (SSSR count). The summed E-state index contributed by atoms with van der Waals surface area (Å²) >= 11 is 0. The summed E-state index contributed by atoms with van der Waals surface area (Å²) < 4.78 is 2.88. The summed E-state index contributed by atoms with van der Waals surface area (Å²) in [5.74, 6) is 0. The molecule has 0 spiro atoms. The molecule has 6 nitrogen and oxygen atoms in total. The topological polar surface area (TPSA) is 72.7 Å². The van der Waals surface area contributed by atoms with E-state index in [0.29, 0.717) is 11.2 Å². The number of aromatic nitrogens is 4. The van der Waals surface area contributed by atoms with E-state index in [1.807, 2.05) is 0 Å². The monoisotopic (exact) mass is 220 g/mol. The van der Waals surface area contributed by atoms with Gasteiger partial charge < -0.3 is 4.57 Å². The molecule has 14 heavy (non-hydrogen) atoms. The number of aryl methyl sites for hydroxylation is 2. The van der Waals surface area contributed by atoms with Gasteiger partial charge in [-0.25, -0.2) is 9.78 Å². The van der Waals surface area contributed by atoms with Crippen LogP contribution in [0.1, 0.15) is 0 Å². The second kappa shape index (κ2) is 4.11. The molecule has 0 radical (unpaired) electrons. The number of fused-ring (bicyclic) bond motifs is 1. The van der Waals surface area contributed by atoms with Crippen molar-refractivity contribution < 1.29 is 0 Å². The number of nitrogens with one attached hydrogen (secondary N) is 1. The molecule has 0 bridgehead atoms. The molecule has 2 heterocycles. The van der Waals surface area contributed by atoms with E-state index in [2.05, 4.69) is 9.97 Å². The van der Waals surface area contributed by atoms with Crippen LogP contribution in [0.3, 0.4) is 0 Å². The second-order valence-corrected chi connectivity index (χ2v) is 2.85. The summed E-state index contributed by atoms with van der Waals surface area (Å²) in [4.78, 5) is 28.6. The number of nitrogens with zero attached hydrogens (tertiary/aromatic N) is 3. The van der Waals surface area contributed by atoms with Crippen LogP contribution in [0.15, 0.2) is 15.9 Å². The SMILES string of the molecule is Cn1cnc2c1c(=O)[nH]c(=O)n2C.[KH]. The van der Waals surface area contributed by atoms with E-state index in [4.69, 9.17) is 0 Å². The Hall–Kier alpha value is -0.214. The van der Waals surface area contributed by atoms with Crippen LogP contribution in [-0.4, -0.2) is 70.5 Å². The van der Waals surface area contributed by atoms with E-state index in [0.717, 1.165) is 0 Å². The minimum absolute atomic E-state index is 0. The summed E-state index contributed by atoms with van der Waals surface area (Å²) in [6.07, 6.45) is 1.50. The van der Waals surface area contributed by atoms with Gasteiger partial charge in [0.1, 0.15) is 0 Å². The molecule has 1 N–H and O–H groups in total. The molecular formula is C7H9KN4O2. The van der Waals surface area contributed by atoms with Gasteiger partial charge in [0.05, 0.1) is 6.33 Å². The molecule has 0 atom stereocenters. The molecule has 2 aromatic heterocycles. The van der Waals surface area contributed by atoms with Crippen molar-refractivity contribution in [2.45, 2.75) is 0 Å². The molecule has 0 aliphatic heterocycles. The zero-order valence-corrected chi connectivity index (χ0v) is 7.24. The Bertz CT molecular complexity index is 579. The molecule has 0 amide bonds. The van der Waals surface area contributed by atoms with Crippen LogP contribution in [0.2, 0.25) is 0 Å². The van der Waals surface area contributed by atoms with Gasteiger partial charge in [-0.3, -0.25) is 14.3 Å². The van der Waals surface area contributed by atoms with E-state index in [-0.39, 0.29) is 51.4 Å². The fourth-order valence-corrected chi connectivity index (χ4v) is 1.26. The van der Waals surface area contributed by atoms with Crippen molar-refractivity contribution in [1.29, 1.82) is 0 Å². The van der Waals surface area contributed by atoms with Gasteiger partial charge in [-0.05, 0) is 0 Å². The number of hydrogen-bond donors (Lipinski definition) is 1. The molecule has 7 heteroatoms. The summed E-state index contributed by atoms with van der Waals surface area (Å²) in [6, 6.07) is 0. The molecular weight excluding hydrogens is 211 g/mol. The van der Waals surface area contributed by atoms with Crippen LogP contribution in [0.4, 0.5) is 0 Å². The molecule has 0 aromatic carbocycles. The number of aromatic amines is 1. The molecule has 0 saturated carbocycles. The fourth-order valence-electron chi connectivity index (χ4n) is 1.26. The van der Waals surface area contributed by atoms with Crippen LogP contribution in [0.25, 0.3) is 11.2 Å². The molecule has 0 unspecified atom stereocenters. The van der Waals surface area contributed by atoms with E-state index >= 15 is 0 Å². The Kier molecular flexibility index (Phi) is 3.48. The van der Waals surface area contributed by atoms with Gasteiger partial charge >= 0.3 is 57.1 Å². The number of H-pyrrole nitrogens is 1. The maximum absolute atomic E-state index is 11.3. The zero-order valence-electron chi connectivity index (χ0n) is 7.24. The predicted octanol–water partition coefficient (Wildman–Crippen LogP) is -1.69. The van der Waals surface area contributed by atoms with Crippen molar-refractivity contribution in [2.24, 2.45) is 14.1 Å². The van der Waals surface area contributed by atoms with Crippen LogP contribution < -0.4 is 11.2 Å². The minimum atomic E-state index is -0.448. The molecule has 0 aliphatic rings. The van der Waals surface area contributed by atoms with Gasteiger partial charge in [-0.15, -0.1) is 0 Å².